The SMILES string of the molecule is CC(C)c1nc(CN2CCNC(=O)[C@H]([C@@H](C)O)NC(=O)[C@H](Cc3ccccc3)NC(=O)[C@@H](C(C)C)NC(=O)C2)co1. The third-order valence-corrected chi connectivity index (χ3v) is 6.79. The molecule has 2 aromatic rings. The van der Waals surface area contributed by atoms with Crippen LogP contribution in [0.4, 0.5) is 0 Å². The molecular weight excluding hydrogens is 528 g/mol. The van der Waals surface area contributed by atoms with Crippen LogP contribution in [0.5, 0.6) is 0 Å². The highest BCUT2D eigenvalue weighted by molar-refractivity contribution is 5.94. The van der Waals surface area contributed by atoms with E-state index in [0.717, 1.165) is 5.56 Å². The summed E-state index contributed by atoms with van der Waals surface area (Å²) in [5.74, 6) is -1.73. The molecule has 0 bridgehead atoms. The molecule has 5 N–H and O–H groups in total. The first-order valence-corrected chi connectivity index (χ1v) is 14.0. The molecule has 1 aromatic heterocycles. The number of aliphatic hydroxyl groups is 1. The minimum Gasteiger partial charge on any atom is -0.448 e. The molecule has 2 heterocycles. The average Bonchev–Trinajstić information content (AvgIpc) is 3.38. The summed E-state index contributed by atoms with van der Waals surface area (Å²) in [5, 5.41) is 21.3. The summed E-state index contributed by atoms with van der Waals surface area (Å²) in [6.45, 7) is 9.54. The summed E-state index contributed by atoms with van der Waals surface area (Å²) in [6.07, 6.45) is 0.488. The maximum absolute atomic E-state index is 13.4. The van der Waals surface area contributed by atoms with E-state index in [2.05, 4.69) is 26.3 Å². The van der Waals surface area contributed by atoms with Crippen molar-refractivity contribution in [1.29, 1.82) is 0 Å². The molecule has 0 radical (unpaired) electrons. The second-order valence-corrected chi connectivity index (χ2v) is 11.1. The lowest BCUT2D eigenvalue weighted by atomic mass is 10.0. The second-order valence-electron chi connectivity index (χ2n) is 11.1. The van der Waals surface area contributed by atoms with Crippen molar-refractivity contribution >= 4 is 23.6 Å². The summed E-state index contributed by atoms with van der Waals surface area (Å²) in [5.41, 5.74) is 1.42. The molecule has 0 aliphatic carbocycles. The van der Waals surface area contributed by atoms with E-state index >= 15 is 0 Å². The molecule has 1 fully saturated rings. The quantitative estimate of drug-likeness (QED) is 0.320. The first-order valence-electron chi connectivity index (χ1n) is 14.0. The monoisotopic (exact) mass is 570 g/mol. The van der Waals surface area contributed by atoms with Gasteiger partial charge in [-0.3, -0.25) is 24.1 Å². The van der Waals surface area contributed by atoms with Crippen LogP contribution in [0.25, 0.3) is 0 Å². The number of rotatable bonds is 7. The number of aromatic nitrogens is 1. The number of carbonyl (C=O) groups excluding carboxylic acids is 4. The van der Waals surface area contributed by atoms with E-state index in [9.17, 15) is 24.3 Å². The highest BCUT2D eigenvalue weighted by atomic mass is 16.3. The Kier molecular flexibility index (Phi) is 11.4. The molecule has 1 aliphatic heterocycles. The number of hydrogen-bond donors (Lipinski definition) is 5. The van der Waals surface area contributed by atoms with Gasteiger partial charge in [0.25, 0.3) is 0 Å². The zero-order chi connectivity index (χ0) is 30.1. The number of carbonyl (C=O) groups is 4. The lowest BCUT2D eigenvalue weighted by molar-refractivity contribution is -0.135. The Morgan fingerprint density at radius 3 is 2.27 bits per heavy atom. The Morgan fingerprint density at radius 2 is 1.66 bits per heavy atom. The number of nitrogens with one attached hydrogen (secondary N) is 4. The van der Waals surface area contributed by atoms with Gasteiger partial charge in [0.2, 0.25) is 23.6 Å². The summed E-state index contributed by atoms with van der Waals surface area (Å²) in [4.78, 5) is 59.3. The maximum atomic E-state index is 13.4. The van der Waals surface area contributed by atoms with Crippen LogP contribution < -0.4 is 21.3 Å². The van der Waals surface area contributed by atoms with Gasteiger partial charge >= 0.3 is 0 Å². The van der Waals surface area contributed by atoms with Crippen molar-refractivity contribution in [3.63, 3.8) is 0 Å². The van der Waals surface area contributed by atoms with Crippen molar-refractivity contribution in [3.05, 3.63) is 53.7 Å². The molecule has 0 unspecified atom stereocenters. The van der Waals surface area contributed by atoms with Crippen LogP contribution in [0.3, 0.4) is 0 Å². The predicted octanol–water partition coefficient (Wildman–Crippen LogP) is 0.464. The Balaban J connectivity index is 1.89. The smallest absolute Gasteiger partial charge is 0.245 e. The number of aliphatic hydroxyl groups excluding tert-OH is 1. The highest BCUT2D eigenvalue weighted by Gasteiger charge is 2.33. The third-order valence-electron chi connectivity index (χ3n) is 6.79. The first-order chi connectivity index (χ1) is 19.4. The minimum atomic E-state index is -1.25. The van der Waals surface area contributed by atoms with Crippen molar-refractivity contribution < 1.29 is 28.7 Å². The molecule has 1 saturated heterocycles. The summed E-state index contributed by atoms with van der Waals surface area (Å²) in [6, 6.07) is 5.91. The van der Waals surface area contributed by atoms with Gasteiger partial charge in [-0.1, -0.05) is 58.0 Å². The molecule has 224 valence electrons. The largest absolute Gasteiger partial charge is 0.448 e. The lowest BCUT2D eigenvalue weighted by Gasteiger charge is -2.27. The molecule has 0 spiro atoms. The zero-order valence-corrected chi connectivity index (χ0v) is 24.3. The van der Waals surface area contributed by atoms with Gasteiger partial charge in [0.1, 0.15) is 24.4 Å². The number of oxazole rings is 1. The third kappa shape index (κ3) is 9.39. The van der Waals surface area contributed by atoms with Crippen molar-refractivity contribution in [1.82, 2.24) is 31.2 Å². The van der Waals surface area contributed by atoms with E-state index in [1.54, 1.807) is 18.7 Å². The van der Waals surface area contributed by atoms with Crippen LogP contribution in [-0.2, 0) is 32.1 Å². The Morgan fingerprint density at radius 1 is 0.951 bits per heavy atom. The summed E-state index contributed by atoms with van der Waals surface area (Å²) < 4.78 is 5.53. The van der Waals surface area contributed by atoms with Crippen LogP contribution in [0.15, 0.2) is 41.0 Å². The average molecular weight is 571 g/mol. The predicted molar refractivity (Wildman–Crippen MR) is 151 cm³/mol. The van der Waals surface area contributed by atoms with E-state index in [0.29, 0.717) is 11.6 Å². The number of hydrogen-bond acceptors (Lipinski definition) is 8. The van der Waals surface area contributed by atoms with Crippen LogP contribution in [0.2, 0.25) is 0 Å². The fourth-order valence-electron chi connectivity index (χ4n) is 4.49. The van der Waals surface area contributed by atoms with E-state index in [-0.39, 0.29) is 44.4 Å². The van der Waals surface area contributed by atoms with Gasteiger partial charge < -0.3 is 30.8 Å². The van der Waals surface area contributed by atoms with Crippen LogP contribution in [0.1, 0.15) is 57.7 Å². The zero-order valence-electron chi connectivity index (χ0n) is 24.3. The van der Waals surface area contributed by atoms with Gasteiger partial charge in [0.05, 0.1) is 18.3 Å². The van der Waals surface area contributed by atoms with Gasteiger partial charge in [0, 0.05) is 32.0 Å². The van der Waals surface area contributed by atoms with Crippen LogP contribution >= 0.6 is 0 Å². The molecular formula is C29H42N6O6. The van der Waals surface area contributed by atoms with E-state index < -0.39 is 47.9 Å². The van der Waals surface area contributed by atoms with E-state index in [1.807, 2.05) is 44.2 Å². The van der Waals surface area contributed by atoms with Crippen LogP contribution in [0, 0.1) is 5.92 Å². The Labute approximate surface area is 240 Å². The molecule has 41 heavy (non-hydrogen) atoms. The van der Waals surface area contributed by atoms with Crippen LogP contribution in [-0.4, -0.2) is 82.5 Å². The fraction of sp³-hybridized carbons (Fsp3) is 0.552. The van der Waals surface area contributed by atoms with E-state index in [4.69, 9.17) is 4.42 Å². The fourth-order valence-corrected chi connectivity index (χ4v) is 4.49. The first kappa shape index (κ1) is 31.8. The van der Waals surface area contributed by atoms with Gasteiger partial charge in [-0.2, -0.15) is 0 Å². The lowest BCUT2D eigenvalue weighted by Crippen LogP contribution is -2.60. The van der Waals surface area contributed by atoms with Crippen molar-refractivity contribution in [2.45, 2.75) is 77.7 Å². The molecule has 3 rings (SSSR count). The molecule has 12 heteroatoms. The Bertz CT molecular complexity index is 1180. The standard InChI is InChI=1S/C29H42N6O6/c1-17(2)24-28(40)32-22(13-20-9-7-6-8-10-20)26(38)34-25(19(5)36)27(39)30-11-12-35(15-23(37)33-24)14-21-16-41-29(31-21)18(3)4/h6-10,16-19,22,24-25,36H,11-15H2,1-5H3,(H,30,39)(H,32,40)(H,33,37)(H,34,38)/t19-,22+,24-,25+/m1/s1. The summed E-state index contributed by atoms with van der Waals surface area (Å²) >= 11 is 0. The number of amides is 4. The normalized spacial score (nSPS) is 22.8. The molecule has 4 atom stereocenters. The summed E-state index contributed by atoms with van der Waals surface area (Å²) in [7, 11) is 0. The molecule has 0 saturated carbocycles. The topological polar surface area (TPSA) is 166 Å². The van der Waals surface area contributed by atoms with Crippen molar-refractivity contribution in [3.8, 4) is 0 Å². The van der Waals surface area contributed by atoms with Gasteiger partial charge in [-0.15, -0.1) is 0 Å². The van der Waals surface area contributed by atoms with E-state index in [1.165, 1.54) is 13.2 Å². The molecule has 12 nitrogen and oxygen atoms in total. The number of benzene rings is 1. The van der Waals surface area contributed by atoms with Gasteiger partial charge in [0.15, 0.2) is 5.89 Å². The van der Waals surface area contributed by atoms with Gasteiger partial charge in [-0.25, -0.2) is 4.98 Å². The van der Waals surface area contributed by atoms with Gasteiger partial charge in [-0.05, 0) is 18.4 Å². The number of nitrogens with zero attached hydrogens (tertiary/aromatic N) is 2. The maximum Gasteiger partial charge on any atom is 0.245 e. The Hall–Kier alpha value is -3.77. The van der Waals surface area contributed by atoms with Crippen molar-refractivity contribution in [2.24, 2.45) is 5.92 Å². The molecule has 1 aliphatic rings. The molecule has 1 aromatic carbocycles. The highest BCUT2D eigenvalue weighted by Crippen LogP contribution is 2.15. The molecule has 4 amide bonds. The van der Waals surface area contributed by atoms with Crippen molar-refractivity contribution in [2.75, 3.05) is 19.6 Å². The second kappa shape index (κ2) is 14.7. The minimum absolute atomic E-state index is 0.0688.